The summed E-state index contributed by atoms with van der Waals surface area (Å²) < 4.78 is 24.9. The first kappa shape index (κ1) is 12.4. The molecule has 0 aliphatic rings. The van der Waals surface area contributed by atoms with Crippen molar-refractivity contribution in [2.45, 2.75) is 19.5 Å². The molecule has 1 unspecified atom stereocenters. The molecule has 0 amide bonds. The van der Waals surface area contributed by atoms with Crippen LogP contribution in [-0.2, 0) is 4.79 Å². The Labute approximate surface area is 89.8 Å². The number of hydrogen-bond donors (Lipinski definition) is 3. The van der Waals surface area contributed by atoms with Crippen molar-refractivity contribution in [3.8, 4) is 5.75 Å². The highest BCUT2D eigenvalue weighted by Gasteiger charge is 2.22. The van der Waals surface area contributed by atoms with E-state index in [9.17, 15) is 23.8 Å². The molecular weight excluding hydrogens is 222 g/mol. The Balaban J connectivity index is 3.29. The number of hydrogen-bond acceptors (Lipinski definition) is 3. The maximum Gasteiger partial charge on any atom is 0.337 e. The summed E-state index contributed by atoms with van der Waals surface area (Å²) in [5.41, 5.74) is -0.776. The fourth-order valence-corrected chi connectivity index (χ4v) is 1.30. The molecule has 0 aromatic heterocycles. The number of aliphatic hydroxyl groups is 1. The van der Waals surface area contributed by atoms with Crippen molar-refractivity contribution in [2.75, 3.05) is 0 Å². The third kappa shape index (κ3) is 2.27. The van der Waals surface area contributed by atoms with Crippen molar-refractivity contribution in [3.63, 3.8) is 0 Å². The highest BCUT2D eigenvalue weighted by molar-refractivity contribution is 5.74. The smallest absolute Gasteiger partial charge is 0.337 e. The number of alkyl halides is 2. The number of aliphatic carboxylic acids is 1. The average molecular weight is 232 g/mol. The molecule has 0 saturated heterocycles. The number of aryl methyl sites for hydroxylation is 1. The van der Waals surface area contributed by atoms with E-state index in [2.05, 4.69) is 0 Å². The van der Waals surface area contributed by atoms with Crippen LogP contribution in [0.1, 0.15) is 29.2 Å². The van der Waals surface area contributed by atoms with E-state index in [-0.39, 0.29) is 11.1 Å². The maximum atomic E-state index is 12.5. The number of rotatable bonds is 3. The number of phenols is 1. The van der Waals surface area contributed by atoms with Gasteiger partial charge in [0.25, 0.3) is 6.43 Å². The fraction of sp³-hybridized carbons (Fsp3) is 0.300. The molecule has 3 N–H and O–H groups in total. The van der Waals surface area contributed by atoms with Gasteiger partial charge in [-0.05, 0) is 30.2 Å². The van der Waals surface area contributed by atoms with Gasteiger partial charge in [-0.25, -0.2) is 13.6 Å². The van der Waals surface area contributed by atoms with E-state index in [4.69, 9.17) is 5.11 Å². The molecular formula is C10H10F2O4. The predicted molar refractivity (Wildman–Crippen MR) is 50.4 cm³/mol. The van der Waals surface area contributed by atoms with Gasteiger partial charge in [-0.1, -0.05) is 0 Å². The van der Waals surface area contributed by atoms with Crippen molar-refractivity contribution >= 4 is 5.97 Å². The first-order chi connectivity index (χ1) is 7.34. The van der Waals surface area contributed by atoms with Gasteiger partial charge < -0.3 is 15.3 Å². The van der Waals surface area contributed by atoms with Crippen molar-refractivity contribution in [3.05, 3.63) is 28.8 Å². The number of aromatic hydroxyl groups is 1. The van der Waals surface area contributed by atoms with Crippen molar-refractivity contribution in [1.29, 1.82) is 0 Å². The first-order valence-corrected chi connectivity index (χ1v) is 4.37. The molecule has 0 bridgehead atoms. The largest absolute Gasteiger partial charge is 0.507 e. The minimum atomic E-state index is -2.93. The number of phenolic OH excluding ortho intramolecular Hbond substituents is 1. The van der Waals surface area contributed by atoms with Crippen LogP contribution in [0.3, 0.4) is 0 Å². The number of carboxylic acid groups (broad SMARTS) is 1. The zero-order valence-corrected chi connectivity index (χ0v) is 8.32. The second-order valence-corrected chi connectivity index (χ2v) is 3.32. The minimum Gasteiger partial charge on any atom is -0.507 e. The second kappa shape index (κ2) is 4.44. The van der Waals surface area contributed by atoms with E-state index in [1.54, 1.807) is 0 Å². The molecule has 0 aliphatic carbocycles. The van der Waals surface area contributed by atoms with Gasteiger partial charge in [-0.3, -0.25) is 0 Å². The lowest BCUT2D eigenvalue weighted by Gasteiger charge is -2.12. The van der Waals surface area contributed by atoms with E-state index in [0.717, 1.165) is 12.1 Å². The summed E-state index contributed by atoms with van der Waals surface area (Å²) in [5.74, 6) is -2.12. The van der Waals surface area contributed by atoms with Crippen molar-refractivity contribution in [2.24, 2.45) is 0 Å². The van der Waals surface area contributed by atoms with Crippen LogP contribution in [0, 0.1) is 6.92 Å². The molecule has 1 aromatic rings. The van der Waals surface area contributed by atoms with Crippen LogP contribution in [0.15, 0.2) is 12.1 Å². The summed E-state index contributed by atoms with van der Waals surface area (Å²) >= 11 is 0. The molecule has 88 valence electrons. The minimum absolute atomic E-state index is 0.0908. The Morgan fingerprint density at radius 3 is 2.38 bits per heavy atom. The van der Waals surface area contributed by atoms with Crippen LogP contribution in [0.2, 0.25) is 0 Å². The molecule has 0 spiro atoms. The van der Waals surface area contributed by atoms with Gasteiger partial charge in [0.05, 0.1) is 5.56 Å². The average Bonchev–Trinajstić information content (AvgIpc) is 2.20. The molecule has 16 heavy (non-hydrogen) atoms. The third-order valence-electron chi connectivity index (χ3n) is 2.14. The van der Waals surface area contributed by atoms with Crippen LogP contribution < -0.4 is 0 Å². The van der Waals surface area contributed by atoms with Crippen LogP contribution >= 0.6 is 0 Å². The predicted octanol–water partition coefficient (Wildman–Crippen LogP) is 1.76. The Morgan fingerprint density at radius 2 is 1.94 bits per heavy atom. The van der Waals surface area contributed by atoms with Gasteiger partial charge >= 0.3 is 5.97 Å². The lowest BCUT2D eigenvalue weighted by molar-refractivity contribution is -0.146. The molecule has 0 aliphatic heterocycles. The summed E-state index contributed by atoms with van der Waals surface area (Å²) in [6.07, 6.45) is -4.81. The molecule has 4 nitrogen and oxygen atoms in total. The van der Waals surface area contributed by atoms with Gasteiger partial charge in [-0.15, -0.1) is 0 Å². The Kier molecular flexibility index (Phi) is 3.44. The Morgan fingerprint density at radius 1 is 1.38 bits per heavy atom. The molecule has 0 heterocycles. The number of benzene rings is 1. The standard InChI is InChI=1S/C10H10F2O4/c1-4-2-5(8(14)10(15)16)3-6(7(4)13)9(11)12/h2-3,8-9,13-14H,1H3,(H,15,16). The van der Waals surface area contributed by atoms with Crippen LogP contribution in [0.25, 0.3) is 0 Å². The summed E-state index contributed by atoms with van der Waals surface area (Å²) in [7, 11) is 0. The summed E-state index contributed by atoms with van der Waals surface area (Å²) in [6.45, 7) is 1.35. The van der Waals surface area contributed by atoms with Crippen molar-refractivity contribution < 1.29 is 28.9 Å². The number of carbonyl (C=O) groups is 1. The van der Waals surface area contributed by atoms with Crippen LogP contribution in [0.5, 0.6) is 5.75 Å². The number of aliphatic hydroxyl groups excluding tert-OH is 1. The quantitative estimate of drug-likeness (QED) is 0.742. The summed E-state index contributed by atoms with van der Waals surface area (Å²) in [4.78, 5) is 10.5. The molecule has 1 atom stereocenters. The highest BCUT2D eigenvalue weighted by Crippen LogP contribution is 2.33. The number of halogens is 2. The molecule has 0 radical (unpaired) electrons. The SMILES string of the molecule is Cc1cc(C(O)C(=O)O)cc(C(F)F)c1O. The highest BCUT2D eigenvalue weighted by atomic mass is 19.3. The van der Waals surface area contributed by atoms with Gasteiger partial charge in [0.1, 0.15) is 5.75 Å². The van der Waals surface area contributed by atoms with Crippen LogP contribution in [0.4, 0.5) is 8.78 Å². The number of carboxylic acids is 1. The summed E-state index contributed by atoms with van der Waals surface area (Å²) in [6, 6.07) is 1.94. The lowest BCUT2D eigenvalue weighted by atomic mass is 10.0. The monoisotopic (exact) mass is 232 g/mol. The Bertz CT molecular complexity index is 418. The van der Waals surface area contributed by atoms with E-state index in [1.165, 1.54) is 6.92 Å². The second-order valence-electron chi connectivity index (χ2n) is 3.32. The van der Waals surface area contributed by atoms with Gasteiger partial charge in [0.15, 0.2) is 6.10 Å². The fourth-order valence-electron chi connectivity index (χ4n) is 1.30. The van der Waals surface area contributed by atoms with Gasteiger partial charge in [0, 0.05) is 0 Å². The normalized spacial score (nSPS) is 12.8. The lowest BCUT2D eigenvalue weighted by Crippen LogP contribution is -2.11. The van der Waals surface area contributed by atoms with E-state index >= 15 is 0 Å². The Hall–Kier alpha value is -1.69. The molecule has 1 aromatic carbocycles. The zero-order chi connectivity index (χ0) is 12.5. The molecule has 0 fully saturated rings. The van der Waals surface area contributed by atoms with E-state index in [1.807, 2.05) is 0 Å². The topological polar surface area (TPSA) is 77.8 Å². The zero-order valence-electron chi connectivity index (χ0n) is 8.32. The first-order valence-electron chi connectivity index (χ1n) is 4.37. The summed E-state index contributed by atoms with van der Waals surface area (Å²) in [5, 5.41) is 27.0. The third-order valence-corrected chi connectivity index (χ3v) is 2.14. The van der Waals surface area contributed by atoms with E-state index in [0.29, 0.717) is 0 Å². The van der Waals surface area contributed by atoms with Gasteiger partial charge in [-0.2, -0.15) is 0 Å². The van der Waals surface area contributed by atoms with Crippen molar-refractivity contribution in [1.82, 2.24) is 0 Å². The molecule has 0 saturated carbocycles. The van der Waals surface area contributed by atoms with Gasteiger partial charge in [0.2, 0.25) is 0 Å². The van der Waals surface area contributed by atoms with E-state index < -0.39 is 29.8 Å². The maximum absolute atomic E-state index is 12.5. The molecule has 6 heteroatoms. The van der Waals surface area contributed by atoms with Crippen LogP contribution in [-0.4, -0.2) is 21.3 Å². The molecule has 1 rings (SSSR count).